The van der Waals surface area contributed by atoms with Crippen LogP contribution in [0.3, 0.4) is 0 Å². The molecule has 0 aliphatic heterocycles. The smallest absolute Gasteiger partial charge is 0.274 e. The predicted molar refractivity (Wildman–Crippen MR) is 65.0 cm³/mol. The van der Waals surface area contributed by atoms with Crippen molar-refractivity contribution in [2.24, 2.45) is 0 Å². The number of ether oxygens (including phenoxy) is 1. The van der Waals surface area contributed by atoms with Crippen molar-refractivity contribution in [3.8, 4) is 0 Å². The number of nitrogens with zero attached hydrogens (tertiary/aromatic N) is 3. The molecule has 1 aromatic rings. The van der Waals surface area contributed by atoms with Crippen molar-refractivity contribution >= 4 is 11.7 Å². The Kier molecular flexibility index (Phi) is 5.35. The summed E-state index contributed by atoms with van der Waals surface area (Å²) in [7, 11) is 5.14. The summed E-state index contributed by atoms with van der Waals surface area (Å²) < 4.78 is 4.93. The zero-order chi connectivity index (χ0) is 12.7. The number of anilines is 1. The number of hydrogen-bond acceptors (Lipinski definition) is 5. The molecule has 0 radical (unpaired) electrons. The van der Waals surface area contributed by atoms with Crippen molar-refractivity contribution in [1.82, 2.24) is 15.1 Å². The molecule has 6 heteroatoms. The maximum Gasteiger partial charge on any atom is 0.274 e. The van der Waals surface area contributed by atoms with Crippen LogP contribution in [0, 0.1) is 0 Å². The van der Waals surface area contributed by atoms with Crippen LogP contribution in [0.2, 0.25) is 0 Å². The zero-order valence-corrected chi connectivity index (χ0v) is 10.4. The number of hydrogen-bond donors (Lipinski definition) is 1. The van der Waals surface area contributed by atoms with Gasteiger partial charge in [0.1, 0.15) is 5.82 Å². The average Bonchev–Trinajstić information content (AvgIpc) is 2.38. The minimum Gasteiger partial charge on any atom is -0.385 e. The fourth-order valence-electron chi connectivity index (χ4n) is 1.32. The molecule has 6 nitrogen and oxygen atoms in total. The number of nitrogens with one attached hydrogen (secondary N) is 1. The molecular formula is C11H18N4O2. The van der Waals surface area contributed by atoms with Crippen molar-refractivity contribution in [2.75, 3.05) is 39.7 Å². The van der Waals surface area contributed by atoms with Gasteiger partial charge in [-0.25, -0.2) is 0 Å². The Balaban J connectivity index is 2.55. The molecule has 0 aliphatic carbocycles. The second-order valence-electron chi connectivity index (χ2n) is 3.63. The zero-order valence-electron chi connectivity index (χ0n) is 10.4. The Bertz CT molecular complexity index is 353. The van der Waals surface area contributed by atoms with Crippen molar-refractivity contribution < 1.29 is 9.53 Å². The van der Waals surface area contributed by atoms with E-state index in [9.17, 15) is 4.79 Å². The van der Waals surface area contributed by atoms with Crippen LogP contribution in [-0.2, 0) is 4.74 Å². The lowest BCUT2D eigenvalue weighted by Crippen LogP contribution is -2.29. The first-order chi connectivity index (χ1) is 8.19. The summed E-state index contributed by atoms with van der Waals surface area (Å²) in [4.78, 5) is 13.5. The molecule has 17 heavy (non-hydrogen) atoms. The molecule has 1 aromatic heterocycles. The molecule has 0 atom stereocenters. The molecule has 0 bridgehead atoms. The van der Waals surface area contributed by atoms with Crippen LogP contribution >= 0.6 is 0 Å². The SMILES string of the molecule is CNc1ccc(C(=O)N(C)CCCOC)nn1. The Morgan fingerprint density at radius 2 is 2.24 bits per heavy atom. The number of amides is 1. The van der Waals surface area contributed by atoms with Crippen LogP contribution in [0.25, 0.3) is 0 Å². The van der Waals surface area contributed by atoms with E-state index in [4.69, 9.17) is 4.74 Å². The Morgan fingerprint density at radius 1 is 1.47 bits per heavy atom. The Hall–Kier alpha value is -1.69. The highest BCUT2D eigenvalue weighted by atomic mass is 16.5. The minimum absolute atomic E-state index is 0.128. The fourth-order valence-corrected chi connectivity index (χ4v) is 1.32. The van der Waals surface area contributed by atoms with E-state index in [0.29, 0.717) is 24.7 Å². The Labute approximate surface area is 101 Å². The third-order valence-electron chi connectivity index (χ3n) is 2.33. The van der Waals surface area contributed by atoms with Crippen LogP contribution in [-0.4, -0.2) is 55.4 Å². The van der Waals surface area contributed by atoms with Gasteiger partial charge in [0.15, 0.2) is 5.69 Å². The van der Waals surface area contributed by atoms with Gasteiger partial charge in [0.2, 0.25) is 0 Å². The standard InChI is InChI=1S/C11H18N4O2/c1-12-10-6-5-9(13-14-10)11(16)15(2)7-4-8-17-3/h5-6H,4,7-8H2,1-3H3,(H,12,14). The van der Waals surface area contributed by atoms with Crippen molar-refractivity contribution in [3.63, 3.8) is 0 Å². The summed E-state index contributed by atoms with van der Waals surface area (Å²) >= 11 is 0. The molecule has 0 saturated carbocycles. The topological polar surface area (TPSA) is 67.4 Å². The third kappa shape index (κ3) is 3.99. The van der Waals surface area contributed by atoms with Crippen LogP contribution in [0.1, 0.15) is 16.9 Å². The lowest BCUT2D eigenvalue weighted by atomic mass is 10.3. The molecule has 0 aliphatic rings. The van der Waals surface area contributed by atoms with Crippen molar-refractivity contribution in [1.29, 1.82) is 0 Å². The largest absolute Gasteiger partial charge is 0.385 e. The number of aromatic nitrogens is 2. The fraction of sp³-hybridized carbons (Fsp3) is 0.545. The van der Waals surface area contributed by atoms with E-state index in [0.717, 1.165) is 6.42 Å². The van der Waals surface area contributed by atoms with Crippen LogP contribution in [0.15, 0.2) is 12.1 Å². The summed E-state index contributed by atoms with van der Waals surface area (Å²) in [5, 5.41) is 10.6. The lowest BCUT2D eigenvalue weighted by molar-refractivity contribution is 0.0772. The first-order valence-corrected chi connectivity index (χ1v) is 5.45. The van der Waals surface area contributed by atoms with E-state index >= 15 is 0 Å². The van der Waals surface area contributed by atoms with E-state index in [2.05, 4.69) is 15.5 Å². The number of rotatable bonds is 6. The van der Waals surface area contributed by atoms with Gasteiger partial charge in [0.05, 0.1) is 0 Å². The maximum atomic E-state index is 11.9. The molecule has 1 N–H and O–H groups in total. The molecule has 1 heterocycles. The first-order valence-electron chi connectivity index (χ1n) is 5.45. The number of methoxy groups -OCH3 is 1. The first kappa shape index (κ1) is 13.4. The molecule has 0 spiro atoms. The van der Waals surface area contributed by atoms with Crippen LogP contribution in [0.4, 0.5) is 5.82 Å². The quantitative estimate of drug-likeness (QED) is 0.736. The van der Waals surface area contributed by atoms with E-state index in [1.807, 2.05) is 0 Å². The molecule has 0 fully saturated rings. The minimum atomic E-state index is -0.128. The molecule has 1 rings (SSSR count). The summed E-state index contributed by atoms with van der Waals surface area (Å²) in [5.41, 5.74) is 0.351. The molecule has 94 valence electrons. The van der Waals surface area contributed by atoms with Gasteiger partial charge in [-0.15, -0.1) is 10.2 Å². The van der Waals surface area contributed by atoms with E-state index in [1.54, 1.807) is 38.2 Å². The molecule has 0 saturated heterocycles. The van der Waals surface area contributed by atoms with Gasteiger partial charge in [-0.3, -0.25) is 4.79 Å². The van der Waals surface area contributed by atoms with E-state index in [-0.39, 0.29) is 5.91 Å². The average molecular weight is 238 g/mol. The van der Waals surface area contributed by atoms with E-state index in [1.165, 1.54) is 0 Å². The maximum absolute atomic E-state index is 11.9. The molecule has 0 aromatic carbocycles. The van der Waals surface area contributed by atoms with Crippen molar-refractivity contribution in [2.45, 2.75) is 6.42 Å². The summed E-state index contributed by atoms with van der Waals surface area (Å²) in [6.45, 7) is 1.28. The van der Waals surface area contributed by atoms with Gasteiger partial charge >= 0.3 is 0 Å². The number of carbonyl (C=O) groups excluding carboxylic acids is 1. The second-order valence-corrected chi connectivity index (χ2v) is 3.63. The molecule has 1 amide bonds. The highest BCUT2D eigenvalue weighted by molar-refractivity contribution is 5.92. The summed E-state index contributed by atoms with van der Waals surface area (Å²) in [5.74, 6) is 0.514. The van der Waals surface area contributed by atoms with Crippen LogP contribution in [0.5, 0.6) is 0 Å². The van der Waals surface area contributed by atoms with Crippen molar-refractivity contribution in [3.05, 3.63) is 17.8 Å². The van der Waals surface area contributed by atoms with Gasteiger partial charge in [0.25, 0.3) is 5.91 Å². The summed E-state index contributed by atoms with van der Waals surface area (Å²) in [6.07, 6.45) is 0.806. The van der Waals surface area contributed by atoms with Gasteiger partial charge in [0, 0.05) is 34.4 Å². The third-order valence-corrected chi connectivity index (χ3v) is 2.33. The monoisotopic (exact) mass is 238 g/mol. The number of carbonyl (C=O) groups is 1. The molecular weight excluding hydrogens is 220 g/mol. The second kappa shape index (κ2) is 6.80. The van der Waals surface area contributed by atoms with Crippen LogP contribution < -0.4 is 5.32 Å². The highest BCUT2D eigenvalue weighted by Crippen LogP contribution is 2.03. The van der Waals surface area contributed by atoms with Gasteiger partial charge in [-0.2, -0.15) is 0 Å². The van der Waals surface area contributed by atoms with E-state index < -0.39 is 0 Å². The lowest BCUT2D eigenvalue weighted by Gasteiger charge is -2.15. The predicted octanol–water partition coefficient (Wildman–Crippen LogP) is 0.627. The molecule has 0 unspecified atom stereocenters. The normalized spacial score (nSPS) is 10.1. The highest BCUT2D eigenvalue weighted by Gasteiger charge is 2.13. The summed E-state index contributed by atoms with van der Waals surface area (Å²) in [6, 6.07) is 3.39. The van der Waals surface area contributed by atoms with Gasteiger partial charge in [-0.1, -0.05) is 0 Å². The van der Waals surface area contributed by atoms with Gasteiger partial charge in [-0.05, 0) is 18.6 Å². The van der Waals surface area contributed by atoms with Gasteiger partial charge < -0.3 is 15.0 Å². The Morgan fingerprint density at radius 3 is 2.76 bits per heavy atom.